The second-order valence-electron chi connectivity index (χ2n) is 1.93. The molecule has 0 atom stereocenters. The van der Waals surface area contributed by atoms with Crippen molar-refractivity contribution < 1.29 is 18.3 Å². The third kappa shape index (κ3) is 1.83. The molecule has 0 aliphatic carbocycles. The highest BCUT2D eigenvalue weighted by Gasteiger charge is 2.30. The van der Waals surface area contributed by atoms with Crippen LogP contribution in [0.3, 0.4) is 0 Å². The summed E-state index contributed by atoms with van der Waals surface area (Å²) in [5.41, 5.74) is -0.825. The lowest BCUT2D eigenvalue weighted by atomic mass is 10.3. The van der Waals surface area contributed by atoms with Crippen LogP contribution < -0.4 is 0 Å². The summed E-state index contributed by atoms with van der Waals surface area (Å²) in [5.74, 6) is -0.169. The Morgan fingerprint density at radius 2 is 1.91 bits per heavy atom. The van der Waals surface area contributed by atoms with Gasteiger partial charge in [-0.25, -0.2) is 0 Å². The van der Waals surface area contributed by atoms with Gasteiger partial charge in [-0.2, -0.15) is 18.2 Å². The number of rotatable bonds is 0. The fourth-order valence-corrected chi connectivity index (χ4v) is 0.562. The fraction of sp³-hybridized carbons (Fsp3) is 0.167. The predicted octanol–water partition coefficient (Wildman–Crippen LogP) is 1.54. The molecule has 11 heavy (non-hydrogen) atoms. The third-order valence-electron chi connectivity index (χ3n) is 1.09. The van der Waals surface area contributed by atoms with Gasteiger partial charge in [0.05, 0.1) is 11.6 Å². The summed E-state index contributed by atoms with van der Waals surface area (Å²) in [6.07, 6.45) is -3.72. The first-order valence-electron chi connectivity index (χ1n) is 2.75. The largest absolute Gasteiger partial charge is 0.579 e. The molecule has 0 saturated heterocycles. The van der Waals surface area contributed by atoms with Crippen molar-refractivity contribution in [2.75, 3.05) is 0 Å². The van der Waals surface area contributed by atoms with Gasteiger partial charge < -0.3 is 5.11 Å². The van der Waals surface area contributed by atoms with Gasteiger partial charge in [-0.1, -0.05) is 0 Å². The summed E-state index contributed by atoms with van der Waals surface area (Å²) in [6.45, 7) is 0. The van der Waals surface area contributed by atoms with Crippen molar-refractivity contribution >= 4 is 0 Å². The molecule has 0 aliphatic heterocycles. The summed E-state index contributed by atoms with van der Waals surface area (Å²) in [7, 11) is 0. The smallest absolute Gasteiger partial charge is 0.417 e. The molecule has 0 radical (unpaired) electrons. The molecule has 1 aromatic heterocycles. The first-order chi connectivity index (χ1) is 5.00. The van der Waals surface area contributed by atoms with E-state index in [0.717, 1.165) is 12.1 Å². The maximum atomic E-state index is 11.8. The van der Waals surface area contributed by atoms with Crippen LogP contribution in [0.15, 0.2) is 18.3 Å². The standard InChI is InChI=1S/C6H4F3NO/c7-6(8,9)4-1-2-5(11)10-3-4/h1-3H,(H,10,11)/p+1. The number of pyridine rings is 1. The molecule has 5 heteroatoms. The lowest BCUT2D eigenvalue weighted by Crippen LogP contribution is -2.04. The Labute approximate surface area is 60.3 Å². The molecule has 0 aliphatic rings. The topological polar surface area (TPSA) is 35.8 Å². The van der Waals surface area contributed by atoms with Crippen LogP contribution in [0, 0.1) is 0 Å². The van der Waals surface area contributed by atoms with Gasteiger partial charge in [-0.05, 0) is 6.07 Å². The molecule has 1 rings (SSSR count). The first-order valence-corrected chi connectivity index (χ1v) is 2.75. The van der Waals surface area contributed by atoms with Gasteiger partial charge in [0.25, 0.3) is 0 Å². The molecule has 0 aromatic carbocycles. The van der Waals surface area contributed by atoms with Crippen molar-refractivity contribution in [2.45, 2.75) is 6.18 Å². The van der Waals surface area contributed by atoms with E-state index in [1.54, 1.807) is 0 Å². The average molecular weight is 164 g/mol. The Balaban J connectivity index is 2.99. The average Bonchev–Trinajstić information content (AvgIpc) is 1.86. The van der Waals surface area contributed by atoms with E-state index in [4.69, 9.17) is 5.11 Å². The minimum absolute atomic E-state index is 0.169. The van der Waals surface area contributed by atoms with Crippen LogP contribution in [0.4, 0.5) is 13.2 Å². The van der Waals surface area contributed by atoms with E-state index in [0.29, 0.717) is 6.20 Å². The molecule has 2 nitrogen and oxygen atoms in total. The fourth-order valence-electron chi connectivity index (χ4n) is 0.562. The zero-order valence-corrected chi connectivity index (χ0v) is 5.31. The van der Waals surface area contributed by atoms with Crippen molar-refractivity contribution in [1.29, 1.82) is 0 Å². The summed E-state index contributed by atoms with van der Waals surface area (Å²) >= 11 is 0. The molecule has 2 N–H and O–H groups in total. The number of aromatic nitrogens is 1. The van der Waals surface area contributed by atoms with Crippen molar-refractivity contribution in [3.05, 3.63) is 23.9 Å². The van der Waals surface area contributed by atoms with Crippen LogP contribution in [0.1, 0.15) is 5.56 Å². The second-order valence-corrected chi connectivity index (χ2v) is 1.93. The van der Waals surface area contributed by atoms with Crippen LogP contribution in [0.2, 0.25) is 0 Å². The van der Waals surface area contributed by atoms with Gasteiger partial charge >= 0.3 is 12.1 Å². The van der Waals surface area contributed by atoms with Gasteiger partial charge in [-0.3, -0.25) is 0 Å². The van der Waals surface area contributed by atoms with Crippen molar-refractivity contribution in [2.24, 2.45) is 0 Å². The van der Waals surface area contributed by atoms with Gasteiger partial charge in [0.1, 0.15) is 0 Å². The first kappa shape index (κ1) is 7.84. The molecule has 0 spiro atoms. The number of alkyl halides is 3. The van der Waals surface area contributed by atoms with E-state index < -0.39 is 11.7 Å². The number of nitrogens with zero attached hydrogens (tertiary/aromatic N) is 1. The van der Waals surface area contributed by atoms with Gasteiger partial charge in [0, 0.05) is 6.20 Å². The Morgan fingerprint density at radius 3 is 2.27 bits per heavy atom. The number of halogens is 3. The van der Waals surface area contributed by atoms with E-state index in [9.17, 15) is 13.2 Å². The normalized spacial score (nSPS) is 11.5. The molecule has 0 saturated carbocycles. The van der Waals surface area contributed by atoms with Crippen molar-refractivity contribution in [1.82, 2.24) is 4.98 Å². The predicted molar refractivity (Wildman–Crippen MR) is 32.3 cm³/mol. The lowest BCUT2D eigenvalue weighted by Gasteiger charge is -2.03. The van der Waals surface area contributed by atoms with E-state index >= 15 is 0 Å². The summed E-state index contributed by atoms with van der Waals surface area (Å²) in [6, 6.07) is 1.83. The van der Waals surface area contributed by atoms with Crippen LogP contribution in [-0.2, 0) is 6.18 Å². The van der Waals surface area contributed by atoms with Crippen LogP contribution in [-0.4, -0.2) is 10.1 Å². The maximum Gasteiger partial charge on any atom is 0.417 e. The molecule has 0 amide bonds. The maximum absolute atomic E-state index is 11.8. The Hall–Kier alpha value is -1.26. The molecular weight excluding hydrogens is 159 g/mol. The highest BCUT2D eigenvalue weighted by Crippen LogP contribution is 2.28. The molecular formula is C6H5F3NO+. The Morgan fingerprint density at radius 1 is 1.27 bits per heavy atom. The van der Waals surface area contributed by atoms with Crippen LogP contribution in [0.5, 0.6) is 5.88 Å². The number of hydrogen-bond acceptors (Lipinski definition) is 1. The highest BCUT2D eigenvalue weighted by molar-refractivity contribution is 5.18. The lowest BCUT2D eigenvalue weighted by molar-refractivity contribution is -0.137. The SMILES string of the molecule is [OH2+]c1ccc(C(F)(F)F)cn1. The highest BCUT2D eigenvalue weighted by atomic mass is 19.4. The molecule has 0 unspecified atom stereocenters. The Bertz CT molecular complexity index is 241. The molecule has 60 valence electrons. The van der Waals surface area contributed by atoms with E-state index in [-0.39, 0.29) is 5.88 Å². The molecule has 1 heterocycles. The quantitative estimate of drug-likeness (QED) is 0.535. The van der Waals surface area contributed by atoms with E-state index in [2.05, 4.69) is 4.98 Å². The van der Waals surface area contributed by atoms with Crippen LogP contribution >= 0.6 is 0 Å². The van der Waals surface area contributed by atoms with Crippen molar-refractivity contribution in [3.63, 3.8) is 0 Å². The van der Waals surface area contributed by atoms with Crippen molar-refractivity contribution in [3.8, 4) is 5.88 Å². The minimum Gasteiger partial charge on any atom is -0.579 e. The van der Waals surface area contributed by atoms with E-state index in [1.807, 2.05) is 0 Å². The molecule has 0 fully saturated rings. The minimum atomic E-state index is -4.36. The second kappa shape index (κ2) is 2.41. The molecule has 0 bridgehead atoms. The van der Waals surface area contributed by atoms with Gasteiger partial charge in [0.15, 0.2) is 0 Å². The third-order valence-corrected chi connectivity index (χ3v) is 1.09. The number of hydrogen-bond donors (Lipinski definition) is 0. The summed E-state index contributed by atoms with van der Waals surface area (Å²) in [4.78, 5) is 3.19. The van der Waals surface area contributed by atoms with Crippen LogP contribution in [0.25, 0.3) is 0 Å². The van der Waals surface area contributed by atoms with E-state index in [1.165, 1.54) is 0 Å². The zero-order valence-electron chi connectivity index (χ0n) is 5.31. The zero-order chi connectivity index (χ0) is 8.48. The molecule has 1 aromatic rings. The summed E-state index contributed by atoms with van der Waals surface area (Å²) < 4.78 is 35.5. The summed E-state index contributed by atoms with van der Waals surface area (Å²) in [5, 5.41) is 6.82. The van der Waals surface area contributed by atoms with Gasteiger partial charge in [0.2, 0.25) is 0 Å². The monoisotopic (exact) mass is 164 g/mol. The van der Waals surface area contributed by atoms with Gasteiger partial charge in [-0.15, -0.1) is 0 Å². The Kier molecular flexibility index (Phi) is 1.72.